The zero-order chi connectivity index (χ0) is 20.4. The fraction of sp³-hybridized carbons (Fsp3) is 0.190. The second-order valence-corrected chi connectivity index (χ2v) is 7.59. The molecule has 146 valence electrons. The molecule has 0 saturated heterocycles. The Morgan fingerprint density at radius 3 is 2.66 bits per heavy atom. The van der Waals surface area contributed by atoms with E-state index in [2.05, 4.69) is 15.3 Å². The van der Waals surface area contributed by atoms with Crippen LogP contribution in [-0.2, 0) is 6.42 Å². The van der Waals surface area contributed by atoms with E-state index in [1.54, 1.807) is 29.8 Å². The number of nitrogens with one attached hydrogen (secondary N) is 1. The molecule has 1 aromatic carbocycles. The third-order valence-corrected chi connectivity index (χ3v) is 5.64. The topological polar surface area (TPSA) is 92.3 Å². The van der Waals surface area contributed by atoms with Crippen molar-refractivity contribution in [1.82, 2.24) is 20.2 Å². The lowest BCUT2D eigenvalue weighted by Crippen LogP contribution is -2.25. The molecule has 8 heteroatoms. The van der Waals surface area contributed by atoms with E-state index in [4.69, 9.17) is 0 Å². The molecular formula is C21H18N4O3S. The van der Waals surface area contributed by atoms with E-state index < -0.39 is 0 Å². The zero-order valence-corrected chi connectivity index (χ0v) is 16.5. The van der Waals surface area contributed by atoms with Crippen molar-refractivity contribution in [3.8, 4) is 11.3 Å². The third-order valence-electron chi connectivity index (χ3n) is 4.73. The average Bonchev–Trinajstić information content (AvgIpc) is 3.31. The number of aromatic nitrogens is 2. The molecule has 29 heavy (non-hydrogen) atoms. The molecule has 0 saturated carbocycles. The van der Waals surface area contributed by atoms with Gasteiger partial charge in [0, 0.05) is 48.9 Å². The lowest BCUT2D eigenvalue weighted by Gasteiger charge is -2.05. The van der Waals surface area contributed by atoms with Gasteiger partial charge in [0.1, 0.15) is 0 Å². The van der Waals surface area contributed by atoms with Gasteiger partial charge in [-0.2, -0.15) is 0 Å². The van der Waals surface area contributed by atoms with Crippen molar-refractivity contribution in [1.29, 1.82) is 0 Å². The predicted octanol–water partition coefficient (Wildman–Crippen LogP) is 2.79. The lowest BCUT2D eigenvalue weighted by molar-refractivity contribution is 0.0693. The van der Waals surface area contributed by atoms with Crippen molar-refractivity contribution in [2.75, 3.05) is 13.6 Å². The number of thiazole rings is 1. The number of hydrogen-bond acceptors (Lipinski definition) is 6. The largest absolute Gasteiger partial charge is 0.352 e. The minimum Gasteiger partial charge on any atom is -0.352 e. The maximum Gasteiger partial charge on any atom is 0.261 e. The van der Waals surface area contributed by atoms with Gasteiger partial charge in [-0.15, -0.1) is 11.3 Å². The SMILES string of the molecule is CN1C(=O)c2ccc(C(=O)NCCCc3nc(-c4ccncc4)cs3)cc2C1=O. The highest BCUT2D eigenvalue weighted by molar-refractivity contribution is 7.09. The number of benzene rings is 1. The van der Waals surface area contributed by atoms with E-state index in [0.29, 0.717) is 17.7 Å². The minimum atomic E-state index is -0.381. The summed E-state index contributed by atoms with van der Waals surface area (Å²) in [6.45, 7) is 0.493. The lowest BCUT2D eigenvalue weighted by atomic mass is 10.1. The second kappa shape index (κ2) is 7.92. The van der Waals surface area contributed by atoms with Gasteiger partial charge in [-0.25, -0.2) is 4.98 Å². The van der Waals surface area contributed by atoms with Crippen LogP contribution in [-0.4, -0.2) is 46.2 Å². The van der Waals surface area contributed by atoms with Crippen LogP contribution in [0.1, 0.15) is 42.5 Å². The molecule has 4 rings (SSSR count). The van der Waals surface area contributed by atoms with Gasteiger partial charge >= 0.3 is 0 Å². The summed E-state index contributed by atoms with van der Waals surface area (Å²) in [5, 5.41) is 5.88. The molecule has 3 aromatic rings. The van der Waals surface area contributed by atoms with Crippen molar-refractivity contribution in [2.24, 2.45) is 0 Å². The molecule has 0 unspecified atom stereocenters. The first-order chi connectivity index (χ1) is 14.0. The predicted molar refractivity (Wildman–Crippen MR) is 109 cm³/mol. The van der Waals surface area contributed by atoms with Crippen molar-refractivity contribution >= 4 is 29.1 Å². The van der Waals surface area contributed by atoms with Crippen LogP contribution in [0.4, 0.5) is 0 Å². The number of rotatable bonds is 6. The maximum atomic E-state index is 12.4. The number of carbonyl (C=O) groups excluding carboxylic acids is 3. The van der Waals surface area contributed by atoms with Crippen LogP contribution in [0.15, 0.2) is 48.1 Å². The molecule has 0 atom stereocenters. The van der Waals surface area contributed by atoms with Crippen LogP contribution in [0.3, 0.4) is 0 Å². The number of nitrogens with zero attached hydrogens (tertiary/aromatic N) is 3. The Morgan fingerprint density at radius 2 is 1.86 bits per heavy atom. The first kappa shape index (κ1) is 18.9. The van der Waals surface area contributed by atoms with Gasteiger partial charge in [0.05, 0.1) is 21.8 Å². The molecule has 7 nitrogen and oxygen atoms in total. The number of carbonyl (C=O) groups is 3. The smallest absolute Gasteiger partial charge is 0.261 e. The Bertz CT molecular complexity index is 1090. The fourth-order valence-corrected chi connectivity index (χ4v) is 3.98. The number of imide groups is 1. The summed E-state index contributed by atoms with van der Waals surface area (Å²) in [5.74, 6) is -0.987. The quantitative estimate of drug-likeness (QED) is 0.502. The van der Waals surface area contributed by atoms with Gasteiger partial charge in [-0.05, 0) is 36.8 Å². The van der Waals surface area contributed by atoms with Crippen LogP contribution < -0.4 is 5.32 Å². The number of amides is 3. The molecule has 0 bridgehead atoms. The van der Waals surface area contributed by atoms with E-state index >= 15 is 0 Å². The van der Waals surface area contributed by atoms with Crippen LogP contribution >= 0.6 is 11.3 Å². The normalized spacial score (nSPS) is 12.9. The summed E-state index contributed by atoms with van der Waals surface area (Å²) >= 11 is 1.60. The van der Waals surface area contributed by atoms with Crippen LogP contribution in [0.5, 0.6) is 0 Å². The Balaban J connectivity index is 1.31. The first-order valence-corrected chi connectivity index (χ1v) is 10.0. The molecule has 1 aliphatic rings. The molecule has 0 radical (unpaired) electrons. The molecule has 0 aliphatic carbocycles. The number of hydrogen-bond donors (Lipinski definition) is 1. The number of aryl methyl sites for hydroxylation is 1. The van der Waals surface area contributed by atoms with Gasteiger partial charge in [0.2, 0.25) is 0 Å². The molecule has 1 N–H and O–H groups in total. The summed E-state index contributed by atoms with van der Waals surface area (Å²) in [7, 11) is 1.43. The second-order valence-electron chi connectivity index (χ2n) is 6.65. The van der Waals surface area contributed by atoms with Gasteiger partial charge < -0.3 is 5.32 Å². The number of fused-ring (bicyclic) bond motifs is 1. The highest BCUT2D eigenvalue weighted by Gasteiger charge is 2.33. The van der Waals surface area contributed by atoms with Gasteiger partial charge in [-0.1, -0.05) is 0 Å². The average molecular weight is 406 g/mol. The standard InChI is InChI=1S/C21H18N4O3S/c1-25-20(27)15-5-4-14(11-16(15)21(25)28)19(26)23-8-2-3-18-24-17(12-29-18)13-6-9-22-10-7-13/h4-7,9-12H,2-3,8H2,1H3,(H,23,26). The highest BCUT2D eigenvalue weighted by Crippen LogP contribution is 2.23. The molecule has 0 fully saturated rings. The molecule has 1 aliphatic heterocycles. The van der Waals surface area contributed by atoms with E-state index in [1.807, 2.05) is 17.5 Å². The Kier molecular flexibility index (Phi) is 5.18. The van der Waals surface area contributed by atoms with Crippen LogP contribution in [0.25, 0.3) is 11.3 Å². The zero-order valence-electron chi connectivity index (χ0n) is 15.7. The van der Waals surface area contributed by atoms with Crippen molar-refractivity contribution in [3.63, 3.8) is 0 Å². The van der Waals surface area contributed by atoms with Gasteiger partial charge in [0.15, 0.2) is 0 Å². The van der Waals surface area contributed by atoms with Gasteiger partial charge in [0.25, 0.3) is 17.7 Å². The van der Waals surface area contributed by atoms with E-state index in [0.717, 1.165) is 34.0 Å². The highest BCUT2D eigenvalue weighted by atomic mass is 32.1. The summed E-state index contributed by atoms with van der Waals surface area (Å²) in [6.07, 6.45) is 4.99. The van der Waals surface area contributed by atoms with E-state index in [1.165, 1.54) is 19.2 Å². The molecule has 2 aromatic heterocycles. The van der Waals surface area contributed by atoms with Crippen molar-refractivity contribution in [2.45, 2.75) is 12.8 Å². The molecule has 3 amide bonds. The minimum absolute atomic E-state index is 0.265. The van der Waals surface area contributed by atoms with Crippen molar-refractivity contribution < 1.29 is 14.4 Å². The summed E-state index contributed by atoms with van der Waals surface area (Å²) < 4.78 is 0. The number of pyridine rings is 1. The van der Waals surface area contributed by atoms with E-state index in [-0.39, 0.29) is 23.3 Å². The monoisotopic (exact) mass is 406 g/mol. The Labute approximate surface area is 171 Å². The van der Waals surface area contributed by atoms with Crippen molar-refractivity contribution in [3.05, 3.63) is 69.8 Å². The molecular weight excluding hydrogens is 388 g/mol. The summed E-state index contributed by atoms with van der Waals surface area (Å²) in [5.41, 5.74) is 2.94. The summed E-state index contributed by atoms with van der Waals surface area (Å²) in [6, 6.07) is 8.43. The summed E-state index contributed by atoms with van der Waals surface area (Å²) in [4.78, 5) is 46.1. The first-order valence-electron chi connectivity index (χ1n) is 9.14. The van der Waals surface area contributed by atoms with Crippen LogP contribution in [0.2, 0.25) is 0 Å². The van der Waals surface area contributed by atoms with Crippen LogP contribution in [0, 0.1) is 0 Å². The Morgan fingerprint density at radius 1 is 1.10 bits per heavy atom. The van der Waals surface area contributed by atoms with E-state index in [9.17, 15) is 14.4 Å². The van der Waals surface area contributed by atoms with Gasteiger partial charge in [-0.3, -0.25) is 24.3 Å². The maximum absolute atomic E-state index is 12.4. The Hall–Kier alpha value is -3.39. The fourth-order valence-electron chi connectivity index (χ4n) is 3.13. The third kappa shape index (κ3) is 3.79. The molecule has 3 heterocycles. The molecule has 0 spiro atoms.